The summed E-state index contributed by atoms with van der Waals surface area (Å²) in [6.07, 6.45) is 12.7. The number of hydrogen-bond acceptors (Lipinski definition) is 6. The third-order valence-corrected chi connectivity index (χ3v) is 18.4. The first-order valence-electron chi connectivity index (χ1n) is 31.2. The molecule has 12 aromatic rings. The number of aromatic nitrogens is 2. The van der Waals surface area contributed by atoms with Gasteiger partial charge in [0.15, 0.2) is 0 Å². The Morgan fingerprint density at radius 1 is 0.318 bits per heavy atom. The van der Waals surface area contributed by atoms with E-state index in [0.717, 1.165) is 163 Å². The highest BCUT2D eigenvalue weighted by molar-refractivity contribution is 6.28. The van der Waals surface area contributed by atoms with E-state index in [1.165, 1.54) is 22.6 Å². The number of rotatable bonds is 19. The summed E-state index contributed by atoms with van der Waals surface area (Å²) in [5.41, 5.74) is 14.8. The monoisotopic (exact) mass is 1150 g/mol. The molecular formula is C78H64N6O4. The Balaban J connectivity index is 0.882. The molecule has 2 aliphatic heterocycles. The smallest absolute Gasteiger partial charge is 0.261 e. The van der Waals surface area contributed by atoms with Crippen LogP contribution in [0, 0.1) is 22.7 Å². The van der Waals surface area contributed by atoms with Gasteiger partial charge < -0.3 is 9.13 Å². The van der Waals surface area contributed by atoms with Crippen molar-refractivity contribution in [1.82, 2.24) is 18.9 Å². The van der Waals surface area contributed by atoms with Crippen LogP contribution in [-0.2, 0) is 0 Å². The average molecular weight is 1150 g/mol. The highest BCUT2D eigenvalue weighted by Crippen LogP contribution is 2.44. The lowest BCUT2D eigenvalue weighted by Crippen LogP contribution is -2.40. The van der Waals surface area contributed by atoms with Gasteiger partial charge in [-0.15, -0.1) is 0 Å². The van der Waals surface area contributed by atoms with Crippen molar-refractivity contribution < 1.29 is 19.2 Å². The Kier molecular flexibility index (Phi) is 14.6. The number of benzene rings is 10. The molecule has 4 heterocycles. The van der Waals surface area contributed by atoms with Crippen LogP contribution < -0.4 is 0 Å². The van der Waals surface area contributed by atoms with Crippen molar-refractivity contribution in [2.45, 2.75) is 90.9 Å². The maximum Gasteiger partial charge on any atom is 0.261 e. The van der Waals surface area contributed by atoms with Crippen molar-refractivity contribution >= 4 is 88.8 Å². The molecule has 2 aromatic heterocycles. The fraction of sp³-hybridized carbons (Fsp3) is 0.205. The van der Waals surface area contributed by atoms with E-state index in [1.807, 2.05) is 109 Å². The summed E-state index contributed by atoms with van der Waals surface area (Å²) in [7, 11) is 0. The number of carbonyl (C=O) groups excluding carboxylic acids is 4. The van der Waals surface area contributed by atoms with E-state index in [2.05, 4.69) is 108 Å². The molecule has 88 heavy (non-hydrogen) atoms. The molecule has 10 nitrogen and oxygen atoms in total. The Morgan fingerprint density at radius 2 is 0.636 bits per heavy atom. The van der Waals surface area contributed by atoms with Crippen molar-refractivity contribution in [1.29, 1.82) is 10.5 Å². The fourth-order valence-electron chi connectivity index (χ4n) is 14.0. The number of carbonyl (C=O) groups is 4. The van der Waals surface area contributed by atoms with Crippen LogP contribution >= 0.6 is 0 Å². The Bertz CT molecular complexity index is 4600. The van der Waals surface area contributed by atoms with Crippen molar-refractivity contribution in [3.05, 3.63) is 215 Å². The second-order valence-electron chi connectivity index (χ2n) is 23.8. The van der Waals surface area contributed by atoms with Gasteiger partial charge in [0.05, 0.1) is 45.3 Å². The second-order valence-corrected chi connectivity index (χ2v) is 23.8. The van der Waals surface area contributed by atoms with Crippen LogP contribution in [0.3, 0.4) is 0 Å². The van der Waals surface area contributed by atoms with Gasteiger partial charge in [-0.05, 0) is 178 Å². The summed E-state index contributed by atoms with van der Waals surface area (Å²) >= 11 is 0. The predicted octanol–water partition coefficient (Wildman–Crippen LogP) is 18.8. The zero-order valence-corrected chi connectivity index (χ0v) is 49.5. The normalized spacial score (nSPS) is 13.1. The van der Waals surface area contributed by atoms with Crippen LogP contribution in [0.4, 0.5) is 0 Å². The van der Waals surface area contributed by atoms with Gasteiger partial charge in [-0.3, -0.25) is 29.0 Å². The number of nitrogens with zero attached hydrogens (tertiary/aromatic N) is 6. The molecule has 0 fully saturated rings. The largest absolute Gasteiger partial charge is 0.309 e. The zero-order chi connectivity index (χ0) is 60.2. The maximum absolute atomic E-state index is 14.2. The quantitative estimate of drug-likeness (QED) is 0.0585. The van der Waals surface area contributed by atoms with Crippen LogP contribution in [0.25, 0.3) is 110 Å². The van der Waals surface area contributed by atoms with Gasteiger partial charge in [0.25, 0.3) is 23.6 Å². The summed E-state index contributed by atoms with van der Waals surface area (Å²) in [6, 6.07) is 65.4. The molecule has 0 unspecified atom stereocenters. The van der Waals surface area contributed by atoms with Crippen LogP contribution in [0.5, 0.6) is 0 Å². The van der Waals surface area contributed by atoms with Crippen molar-refractivity contribution in [2.75, 3.05) is 13.1 Å². The number of fused-ring (bicyclic) bond motifs is 6. The van der Waals surface area contributed by atoms with Gasteiger partial charge in [-0.25, -0.2) is 0 Å². The third kappa shape index (κ3) is 9.39. The molecule has 4 amide bonds. The number of imide groups is 2. The summed E-state index contributed by atoms with van der Waals surface area (Å²) in [5.74, 6) is -0.963. The lowest BCUT2D eigenvalue weighted by atomic mass is 9.88. The minimum atomic E-state index is -0.241. The first-order chi connectivity index (χ1) is 43.2. The highest BCUT2D eigenvalue weighted by atomic mass is 16.2. The van der Waals surface area contributed by atoms with Gasteiger partial charge in [-0.1, -0.05) is 139 Å². The van der Waals surface area contributed by atoms with E-state index >= 15 is 0 Å². The van der Waals surface area contributed by atoms with Gasteiger partial charge in [0.1, 0.15) is 0 Å². The van der Waals surface area contributed by atoms with Crippen molar-refractivity contribution in [2.24, 2.45) is 0 Å². The Hall–Kier alpha value is -10.4. The molecule has 0 radical (unpaired) electrons. The molecule has 14 rings (SSSR count). The molecule has 0 atom stereocenters. The van der Waals surface area contributed by atoms with E-state index in [1.54, 1.807) is 0 Å². The standard InChI is InChI=1S/C78H64N6O4/c1-3-5-7-9-11-13-41-81-75(85)61-19-15-17-59-57(33-35-63(73(59)61)77(81)87)53-27-39-71-67(45-53)65-43-51(25-37-69(65)83(71)55-29-21-49(47-79)22-30-55)52-26-38-70-66(44-52)68-46-54(28-40-72(68)84(70)56-31-23-50(48-80)24-32-56)58-34-36-64-74-60(58)18-16-20-62(74)76(86)82(78(64)88)42-14-12-10-8-6-4-2/h15-40,43-46H,3-14,41-42H2,1-2H3. The van der Waals surface area contributed by atoms with Crippen LogP contribution in [0.2, 0.25) is 0 Å². The Labute approximate surface area is 511 Å². The molecule has 2 aliphatic rings. The first kappa shape index (κ1) is 55.5. The Morgan fingerprint density at radius 3 is 1.00 bits per heavy atom. The van der Waals surface area contributed by atoms with Crippen LogP contribution in [0.1, 0.15) is 143 Å². The van der Waals surface area contributed by atoms with Gasteiger partial charge >= 0.3 is 0 Å². The SMILES string of the molecule is CCCCCCCCN1C(=O)c2cccc3c(-c4ccc5c(c4)c4cc(-c6ccc7c(c6)c6cc(-c8ccc9c%10c(cccc8%10)C(=O)N(CCCCCCCC)C9=O)ccc6n7-c6ccc(C#N)cc6)ccc4n5-c4ccc(C#N)cc4)ccc(c23)C1=O. The topological polar surface area (TPSA) is 132 Å². The molecular weight excluding hydrogens is 1080 g/mol. The molecule has 430 valence electrons. The molecule has 0 N–H and O–H groups in total. The summed E-state index contributed by atoms with van der Waals surface area (Å²) in [4.78, 5) is 59.6. The average Bonchev–Trinajstić information content (AvgIpc) is 1.31. The zero-order valence-electron chi connectivity index (χ0n) is 49.5. The van der Waals surface area contributed by atoms with E-state index in [9.17, 15) is 29.7 Å². The van der Waals surface area contributed by atoms with E-state index in [4.69, 9.17) is 0 Å². The van der Waals surface area contributed by atoms with Crippen molar-refractivity contribution in [3.8, 4) is 56.9 Å². The molecule has 0 spiro atoms. The molecule has 0 aliphatic carbocycles. The summed E-state index contributed by atoms with van der Waals surface area (Å²) in [6.45, 7) is 5.20. The minimum Gasteiger partial charge on any atom is -0.309 e. The highest BCUT2D eigenvalue weighted by Gasteiger charge is 2.35. The predicted molar refractivity (Wildman–Crippen MR) is 353 cm³/mol. The molecule has 0 bridgehead atoms. The first-order valence-corrected chi connectivity index (χ1v) is 31.2. The summed E-state index contributed by atoms with van der Waals surface area (Å²) < 4.78 is 4.48. The van der Waals surface area contributed by atoms with Crippen LogP contribution in [0.15, 0.2) is 182 Å². The fourth-order valence-corrected chi connectivity index (χ4v) is 14.0. The van der Waals surface area contributed by atoms with E-state index in [-0.39, 0.29) is 23.6 Å². The molecule has 10 heteroatoms. The third-order valence-electron chi connectivity index (χ3n) is 18.4. The van der Waals surface area contributed by atoms with Gasteiger partial charge in [0.2, 0.25) is 0 Å². The number of nitriles is 2. The van der Waals surface area contributed by atoms with Crippen molar-refractivity contribution in [3.63, 3.8) is 0 Å². The van der Waals surface area contributed by atoms with Crippen LogP contribution in [-0.4, -0.2) is 55.7 Å². The van der Waals surface area contributed by atoms with Gasteiger partial charge in [-0.2, -0.15) is 10.5 Å². The summed E-state index contributed by atoms with van der Waals surface area (Å²) in [5, 5.41) is 26.7. The van der Waals surface area contributed by atoms with E-state index in [0.29, 0.717) is 57.2 Å². The minimum absolute atomic E-state index is 0.241. The lowest BCUT2D eigenvalue weighted by Gasteiger charge is -2.28. The molecule has 0 saturated heterocycles. The second kappa shape index (κ2) is 23.1. The lowest BCUT2D eigenvalue weighted by molar-refractivity contribution is 0.0592. The molecule has 10 aromatic carbocycles. The van der Waals surface area contributed by atoms with E-state index < -0.39 is 0 Å². The molecule has 0 saturated carbocycles. The number of hydrogen-bond donors (Lipinski definition) is 0. The number of amides is 4. The van der Waals surface area contributed by atoms with Gasteiger partial charge in [0, 0.05) is 79.0 Å². The maximum atomic E-state index is 14.2. The number of unbranched alkanes of at least 4 members (excludes halogenated alkanes) is 10.